The minimum atomic E-state index is 0.412. The van der Waals surface area contributed by atoms with Gasteiger partial charge in [-0.2, -0.15) is 0 Å². The van der Waals surface area contributed by atoms with Gasteiger partial charge in [-0.1, -0.05) is 6.07 Å². The average molecular weight is 297 g/mol. The highest BCUT2D eigenvalue weighted by Crippen LogP contribution is 2.29. The maximum absolute atomic E-state index is 5.81. The van der Waals surface area contributed by atoms with Crippen molar-refractivity contribution in [3.05, 3.63) is 53.9 Å². The zero-order valence-corrected chi connectivity index (χ0v) is 12.6. The highest BCUT2D eigenvalue weighted by molar-refractivity contribution is 5.99. The first-order valence-electron chi connectivity index (χ1n) is 7.36. The fraction of sp³-hybridized carbons (Fsp3) is 0.294. The molecule has 0 bridgehead atoms. The van der Waals surface area contributed by atoms with Crippen LogP contribution in [0.25, 0.3) is 0 Å². The Morgan fingerprint density at radius 2 is 2.14 bits per heavy atom. The molecule has 2 aromatic rings. The summed E-state index contributed by atoms with van der Waals surface area (Å²) in [5, 5.41) is 3.31. The lowest BCUT2D eigenvalue weighted by atomic mass is 10.1. The molecule has 114 valence electrons. The van der Waals surface area contributed by atoms with E-state index in [1.54, 1.807) is 13.3 Å². The van der Waals surface area contributed by atoms with Crippen LogP contribution in [0, 0.1) is 0 Å². The molecule has 0 saturated heterocycles. The predicted molar refractivity (Wildman–Crippen MR) is 85.6 cm³/mol. The Morgan fingerprint density at radius 3 is 2.86 bits per heavy atom. The number of methoxy groups -OCH3 is 1. The number of hydrogen-bond donors (Lipinski definition) is 1. The molecule has 0 atom stereocenters. The van der Waals surface area contributed by atoms with Crippen LogP contribution in [0.15, 0.2) is 47.6 Å². The zero-order chi connectivity index (χ0) is 15.2. The van der Waals surface area contributed by atoms with Gasteiger partial charge in [-0.25, -0.2) is 0 Å². The first-order valence-corrected chi connectivity index (χ1v) is 7.36. The zero-order valence-electron chi connectivity index (χ0n) is 12.6. The fourth-order valence-corrected chi connectivity index (χ4v) is 2.30. The molecule has 5 heteroatoms. The fourth-order valence-electron chi connectivity index (χ4n) is 2.30. The molecule has 0 unspecified atom stereocenters. The summed E-state index contributed by atoms with van der Waals surface area (Å²) < 4.78 is 11.2. The van der Waals surface area contributed by atoms with Gasteiger partial charge in [0.15, 0.2) is 11.5 Å². The third-order valence-electron chi connectivity index (χ3n) is 3.44. The first-order chi connectivity index (χ1) is 10.9. The van der Waals surface area contributed by atoms with Crippen molar-refractivity contribution in [1.29, 1.82) is 0 Å². The molecular formula is C17H19N3O2. The molecule has 1 aromatic carbocycles. The van der Waals surface area contributed by atoms with Crippen molar-refractivity contribution in [3.63, 3.8) is 0 Å². The number of aliphatic imine (C=N–C) groups is 1. The topological polar surface area (TPSA) is 55.7 Å². The molecule has 0 fully saturated rings. The SMILES string of the molecule is COc1cc(C2=NCCCN2)ccc1OCc1ccccn1. The summed E-state index contributed by atoms with van der Waals surface area (Å²) in [6, 6.07) is 11.6. The summed E-state index contributed by atoms with van der Waals surface area (Å²) in [4.78, 5) is 8.74. The van der Waals surface area contributed by atoms with E-state index >= 15 is 0 Å². The molecule has 0 spiro atoms. The predicted octanol–water partition coefficient (Wildman–Crippen LogP) is 2.41. The van der Waals surface area contributed by atoms with Crippen LogP contribution in [-0.4, -0.2) is 31.0 Å². The van der Waals surface area contributed by atoms with E-state index < -0.39 is 0 Å². The monoisotopic (exact) mass is 297 g/mol. The summed E-state index contributed by atoms with van der Waals surface area (Å²) >= 11 is 0. The van der Waals surface area contributed by atoms with Gasteiger partial charge in [0.1, 0.15) is 12.4 Å². The minimum Gasteiger partial charge on any atom is -0.493 e. The van der Waals surface area contributed by atoms with E-state index in [1.807, 2.05) is 36.4 Å². The number of hydrogen-bond acceptors (Lipinski definition) is 5. The number of rotatable bonds is 5. The lowest BCUT2D eigenvalue weighted by Crippen LogP contribution is -2.30. The molecule has 3 rings (SSSR count). The third-order valence-corrected chi connectivity index (χ3v) is 3.44. The number of pyridine rings is 1. The Kier molecular flexibility index (Phi) is 4.53. The molecule has 0 radical (unpaired) electrons. The summed E-state index contributed by atoms with van der Waals surface area (Å²) in [5.74, 6) is 2.32. The first kappa shape index (κ1) is 14.4. The molecule has 2 heterocycles. The van der Waals surface area contributed by atoms with E-state index in [4.69, 9.17) is 9.47 Å². The summed E-state index contributed by atoms with van der Waals surface area (Å²) in [7, 11) is 1.64. The number of aromatic nitrogens is 1. The van der Waals surface area contributed by atoms with E-state index in [1.165, 1.54) is 0 Å². The second-order valence-corrected chi connectivity index (χ2v) is 4.99. The van der Waals surface area contributed by atoms with Crippen LogP contribution < -0.4 is 14.8 Å². The average Bonchev–Trinajstić information content (AvgIpc) is 2.61. The summed E-state index contributed by atoms with van der Waals surface area (Å²) in [5.41, 5.74) is 1.90. The molecule has 0 saturated carbocycles. The van der Waals surface area contributed by atoms with Crippen molar-refractivity contribution in [2.75, 3.05) is 20.2 Å². The Morgan fingerprint density at radius 1 is 1.18 bits per heavy atom. The maximum atomic E-state index is 5.81. The molecule has 0 aliphatic carbocycles. The van der Waals surface area contributed by atoms with Crippen molar-refractivity contribution in [1.82, 2.24) is 10.3 Å². The van der Waals surface area contributed by atoms with E-state index in [0.29, 0.717) is 18.1 Å². The second kappa shape index (κ2) is 6.93. The van der Waals surface area contributed by atoms with Crippen molar-refractivity contribution in [3.8, 4) is 11.5 Å². The standard InChI is InChI=1S/C17H19N3O2/c1-21-16-11-13(17-19-9-4-10-20-17)6-7-15(16)22-12-14-5-2-3-8-18-14/h2-3,5-8,11H,4,9-10,12H2,1H3,(H,19,20). The van der Waals surface area contributed by atoms with Crippen LogP contribution in [0.4, 0.5) is 0 Å². The van der Waals surface area contributed by atoms with Crippen molar-refractivity contribution in [2.45, 2.75) is 13.0 Å². The largest absolute Gasteiger partial charge is 0.493 e. The van der Waals surface area contributed by atoms with Gasteiger partial charge in [0.25, 0.3) is 0 Å². The van der Waals surface area contributed by atoms with Crippen LogP contribution in [0.3, 0.4) is 0 Å². The molecule has 0 amide bonds. The summed E-state index contributed by atoms with van der Waals surface area (Å²) in [6.45, 7) is 2.23. The summed E-state index contributed by atoms with van der Waals surface area (Å²) in [6.07, 6.45) is 2.83. The van der Waals surface area contributed by atoms with Crippen molar-refractivity contribution in [2.24, 2.45) is 4.99 Å². The Labute approximate surface area is 130 Å². The van der Waals surface area contributed by atoms with Gasteiger partial charge < -0.3 is 14.8 Å². The number of amidine groups is 1. The van der Waals surface area contributed by atoms with Crippen LogP contribution in [0.1, 0.15) is 17.7 Å². The number of ether oxygens (including phenoxy) is 2. The minimum absolute atomic E-state index is 0.412. The van der Waals surface area contributed by atoms with Gasteiger partial charge in [0, 0.05) is 24.8 Å². The highest BCUT2D eigenvalue weighted by Gasteiger charge is 2.11. The number of nitrogens with one attached hydrogen (secondary N) is 1. The van der Waals surface area contributed by atoms with Crippen molar-refractivity contribution < 1.29 is 9.47 Å². The number of benzene rings is 1. The van der Waals surface area contributed by atoms with Gasteiger partial charge in [-0.15, -0.1) is 0 Å². The second-order valence-electron chi connectivity index (χ2n) is 4.99. The maximum Gasteiger partial charge on any atom is 0.161 e. The van der Waals surface area contributed by atoms with E-state index in [0.717, 1.165) is 36.6 Å². The molecule has 1 aliphatic heterocycles. The van der Waals surface area contributed by atoms with E-state index in [2.05, 4.69) is 15.3 Å². The van der Waals surface area contributed by atoms with Gasteiger partial charge in [-0.05, 0) is 36.8 Å². The van der Waals surface area contributed by atoms with E-state index in [9.17, 15) is 0 Å². The Hall–Kier alpha value is -2.56. The van der Waals surface area contributed by atoms with Gasteiger partial charge in [0.05, 0.1) is 12.8 Å². The quantitative estimate of drug-likeness (QED) is 0.921. The van der Waals surface area contributed by atoms with Gasteiger partial charge in [0.2, 0.25) is 0 Å². The van der Waals surface area contributed by atoms with Crippen molar-refractivity contribution >= 4 is 5.84 Å². The smallest absolute Gasteiger partial charge is 0.161 e. The van der Waals surface area contributed by atoms with E-state index in [-0.39, 0.29) is 0 Å². The van der Waals surface area contributed by atoms with Gasteiger partial charge in [-0.3, -0.25) is 9.98 Å². The molecule has 1 aromatic heterocycles. The molecule has 22 heavy (non-hydrogen) atoms. The van der Waals surface area contributed by atoms with Crippen LogP contribution >= 0.6 is 0 Å². The van der Waals surface area contributed by atoms with Crippen LogP contribution in [-0.2, 0) is 6.61 Å². The highest BCUT2D eigenvalue weighted by atomic mass is 16.5. The lowest BCUT2D eigenvalue weighted by molar-refractivity contribution is 0.280. The van der Waals surface area contributed by atoms with Crippen LogP contribution in [0.2, 0.25) is 0 Å². The van der Waals surface area contributed by atoms with Crippen LogP contribution in [0.5, 0.6) is 11.5 Å². The Bertz CT molecular complexity index is 656. The lowest BCUT2D eigenvalue weighted by Gasteiger charge is -2.16. The molecule has 1 N–H and O–H groups in total. The third kappa shape index (κ3) is 3.36. The molecule has 5 nitrogen and oxygen atoms in total. The molecule has 1 aliphatic rings. The number of nitrogens with zero attached hydrogens (tertiary/aromatic N) is 2. The van der Waals surface area contributed by atoms with Gasteiger partial charge >= 0.3 is 0 Å². The normalized spacial score (nSPS) is 14.0. The molecular weight excluding hydrogens is 278 g/mol. The Balaban J connectivity index is 1.75.